The van der Waals surface area contributed by atoms with Crippen LogP contribution in [0.1, 0.15) is 50.0 Å². The number of hydrogen-bond donors (Lipinski definition) is 1. The Kier molecular flexibility index (Phi) is 7.28. The molecule has 2 aromatic carbocycles. The number of halogens is 1. The Balaban J connectivity index is 1.86. The van der Waals surface area contributed by atoms with E-state index in [9.17, 15) is 9.59 Å². The Labute approximate surface area is 207 Å². The number of thioether (sulfide) groups is 1. The standard InChI is InChI=1S/C25H28ClN5O2S/c1-5-16(4)27-22(32)18-9-10-20-21(12-18)31-24(30(23(20)33)13-15(2)3)28-29-25(31)34-14-17-7-6-8-19(26)11-17/h6-12,15-16H,5,13-14H2,1-4H3,(H,27,32). The fraction of sp³-hybridized carbons (Fsp3) is 0.360. The molecular formula is C25H28ClN5O2S. The van der Waals surface area contributed by atoms with Crippen LogP contribution in [-0.2, 0) is 12.3 Å². The number of nitrogens with zero attached hydrogens (tertiary/aromatic N) is 4. The summed E-state index contributed by atoms with van der Waals surface area (Å²) in [5.74, 6) is 1.19. The number of aromatic nitrogens is 4. The van der Waals surface area contributed by atoms with Crippen molar-refractivity contribution in [1.29, 1.82) is 0 Å². The second-order valence-electron chi connectivity index (χ2n) is 8.86. The first-order valence-electron chi connectivity index (χ1n) is 11.4. The summed E-state index contributed by atoms with van der Waals surface area (Å²) >= 11 is 7.65. The third-order valence-electron chi connectivity index (χ3n) is 5.63. The van der Waals surface area contributed by atoms with Gasteiger partial charge < -0.3 is 5.32 Å². The van der Waals surface area contributed by atoms with Gasteiger partial charge in [-0.1, -0.05) is 56.3 Å². The predicted molar refractivity (Wildman–Crippen MR) is 138 cm³/mol. The molecule has 0 fully saturated rings. The van der Waals surface area contributed by atoms with Crippen molar-refractivity contribution in [2.24, 2.45) is 5.92 Å². The van der Waals surface area contributed by atoms with Crippen LogP contribution in [0.2, 0.25) is 5.02 Å². The van der Waals surface area contributed by atoms with Gasteiger partial charge in [-0.05, 0) is 55.2 Å². The molecule has 1 amide bonds. The van der Waals surface area contributed by atoms with Gasteiger partial charge in [-0.2, -0.15) is 0 Å². The molecule has 4 rings (SSSR count). The van der Waals surface area contributed by atoms with Gasteiger partial charge in [0, 0.05) is 28.9 Å². The van der Waals surface area contributed by atoms with Crippen molar-refractivity contribution in [2.75, 3.05) is 0 Å². The number of fused-ring (bicyclic) bond motifs is 3. The molecule has 7 nitrogen and oxygen atoms in total. The van der Waals surface area contributed by atoms with Gasteiger partial charge in [0.05, 0.1) is 10.9 Å². The van der Waals surface area contributed by atoms with Crippen molar-refractivity contribution in [3.63, 3.8) is 0 Å². The average Bonchev–Trinajstić information content (AvgIpc) is 3.24. The monoisotopic (exact) mass is 497 g/mol. The molecule has 1 N–H and O–H groups in total. The predicted octanol–water partition coefficient (Wildman–Crippen LogP) is 5.17. The van der Waals surface area contributed by atoms with Crippen LogP contribution in [0, 0.1) is 5.92 Å². The first-order valence-corrected chi connectivity index (χ1v) is 12.7. The van der Waals surface area contributed by atoms with E-state index in [0.29, 0.717) is 44.7 Å². The minimum atomic E-state index is -0.169. The van der Waals surface area contributed by atoms with Gasteiger partial charge in [-0.15, -0.1) is 10.2 Å². The van der Waals surface area contributed by atoms with Crippen molar-refractivity contribution in [1.82, 2.24) is 24.5 Å². The van der Waals surface area contributed by atoms with Crippen molar-refractivity contribution in [3.8, 4) is 0 Å². The summed E-state index contributed by atoms with van der Waals surface area (Å²) in [5, 5.41) is 13.6. The third kappa shape index (κ3) is 4.98. The fourth-order valence-electron chi connectivity index (χ4n) is 3.73. The van der Waals surface area contributed by atoms with Crippen LogP contribution in [0.4, 0.5) is 0 Å². The number of carbonyl (C=O) groups is 1. The Morgan fingerprint density at radius 3 is 2.65 bits per heavy atom. The highest BCUT2D eigenvalue weighted by Crippen LogP contribution is 2.26. The van der Waals surface area contributed by atoms with Crippen LogP contribution in [0.25, 0.3) is 16.7 Å². The van der Waals surface area contributed by atoms with Gasteiger partial charge in [-0.3, -0.25) is 18.6 Å². The van der Waals surface area contributed by atoms with Crippen LogP contribution in [0.5, 0.6) is 0 Å². The van der Waals surface area contributed by atoms with Gasteiger partial charge in [0.1, 0.15) is 0 Å². The van der Waals surface area contributed by atoms with E-state index in [4.69, 9.17) is 11.6 Å². The highest BCUT2D eigenvalue weighted by atomic mass is 35.5. The maximum atomic E-state index is 13.4. The topological polar surface area (TPSA) is 81.3 Å². The molecule has 0 saturated carbocycles. The zero-order valence-corrected chi connectivity index (χ0v) is 21.3. The average molecular weight is 498 g/mol. The van der Waals surface area contributed by atoms with E-state index in [0.717, 1.165) is 12.0 Å². The number of amides is 1. The fourth-order valence-corrected chi connectivity index (χ4v) is 4.83. The van der Waals surface area contributed by atoms with Gasteiger partial charge in [0.2, 0.25) is 5.78 Å². The van der Waals surface area contributed by atoms with E-state index in [1.54, 1.807) is 22.8 Å². The number of benzene rings is 2. The van der Waals surface area contributed by atoms with E-state index < -0.39 is 0 Å². The number of nitrogens with one attached hydrogen (secondary N) is 1. The maximum absolute atomic E-state index is 13.4. The number of carbonyl (C=O) groups excluding carboxylic acids is 1. The molecule has 0 aliphatic carbocycles. The van der Waals surface area contributed by atoms with Crippen LogP contribution < -0.4 is 10.9 Å². The molecule has 9 heteroatoms. The second-order valence-corrected chi connectivity index (χ2v) is 10.2. The summed E-state index contributed by atoms with van der Waals surface area (Å²) in [5.41, 5.74) is 2.04. The van der Waals surface area contributed by atoms with E-state index in [1.165, 1.54) is 11.8 Å². The lowest BCUT2D eigenvalue weighted by Crippen LogP contribution is -2.32. The van der Waals surface area contributed by atoms with E-state index in [-0.39, 0.29) is 23.4 Å². The molecule has 1 atom stereocenters. The Morgan fingerprint density at radius 2 is 1.94 bits per heavy atom. The van der Waals surface area contributed by atoms with Crippen LogP contribution in [-0.4, -0.2) is 31.1 Å². The molecule has 178 valence electrons. The highest BCUT2D eigenvalue weighted by molar-refractivity contribution is 7.98. The largest absolute Gasteiger partial charge is 0.350 e. The van der Waals surface area contributed by atoms with Crippen LogP contribution in [0.3, 0.4) is 0 Å². The third-order valence-corrected chi connectivity index (χ3v) is 6.86. The summed E-state index contributed by atoms with van der Waals surface area (Å²) in [4.78, 5) is 26.2. The van der Waals surface area contributed by atoms with Crippen LogP contribution >= 0.6 is 23.4 Å². The molecule has 34 heavy (non-hydrogen) atoms. The van der Waals surface area contributed by atoms with E-state index in [1.807, 2.05) is 42.5 Å². The van der Waals surface area contributed by atoms with E-state index in [2.05, 4.69) is 29.4 Å². The highest BCUT2D eigenvalue weighted by Gasteiger charge is 2.19. The zero-order chi connectivity index (χ0) is 24.4. The second kappa shape index (κ2) is 10.2. The summed E-state index contributed by atoms with van der Waals surface area (Å²) in [7, 11) is 0. The zero-order valence-electron chi connectivity index (χ0n) is 19.7. The molecule has 4 aromatic rings. The summed E-state index contributed by atoms with van der Waals surface area (Å²) in [6.07, 6.45) is 0.833. The minimum Gasteiger partial charge on any atom is -0.350 e. The Morgan fingerprint density at radius 1 is 1.15 bits per heavy atom. The molecular weight excluding hydrogens is 470 g/mol. The number of hydrogen-bond acceptors (Lipinski definition) is 5. The van der Waals surface area contributed by atoms with Crippen molar-refractivity contribution < 1.29 is 4.79 Å². The molecule has 2 aromatic heterocycles. The number of rotatable bonds is 8. The molecule has 0 bridgehead atoms. The molecule has 0 radical (unpaired) electrons. The van der Waals surface area contributed by atoms with Crippen molar-refractivity contribution in [2.45, 2.75) is 57.6 Å². The molecule has 0 aliphatic rings. The lowest BCUT2D eigenvalue weighted by atomic mass is 10.1. The Hall–Kier alpha value is -2.84. The molecule has 1 unspecified atom stereocenters. The first kappa shape index (κ1) is 24.3. The maximum Gasteiger partial charge on any atom is 0.262 e. The summed E-state index contributed by atoms with van der Waals surface area (Å²) in [6.45, 7) is 8.62. The summed E-state index contributed by atoms with van der Waals surface area (Å²) in [6, 6.07) is 12.9. The lowest BCUT2D eigenvalue weighted by molar-refractivity contribution is 0.0939. The van der Waals surface area contributed by atoms with Gasteiger partial charge >= 0.3 is 0 Å². The SMILES string of the molecule is CCC(C)NC(=O)c1ccc2c(=O)n(CC(C)C)c3nnc(SCc4cccc(Cl)c4)n3c2c1. The lowest BCUT2D eigenvalue weighted by Gasteiger charge is -2.15. The smallest absolute Gasteiger partial charge is 0.262 e. The van der Waals surface area contributed by atoms with Crippen LogP contribution in [0.15, 0.2) is 52.4 Å². The molecule has 0 spiro atoms. The van der Waals surface area contributed by atoms with Gasteiger partial charge in [-0.25, -0.2) is 0 Å². The van der Waals surface area contributed by atoms with Gasteiger partial charge in [0.15, 0.2) is 5.16 Å². The minimum absolute atomic E-state index is 0.0565. The molecule has 0 aliphatic heterocycles. The first-order chi connectivity index (χ1) is 16.3. The summed E-state index contributed by atoms with van der Waals surface area (Å²) < 4.78 is 3.55. The van der Waals surface area contributed by atoms with E-state index >= 15 is 0 Å². The molecule has 0 saturated heterocycles. The van der Waals surface area contributed by atoms with Gasteiger partial charge in [0.25, 0.3) is 11.5 Å². The molecule has 2 heterocycles. The Bertz CT molecular complexity index is 1410. The van der Waals surface area contributed by atoms with Crippen molar-refractivity contribution in [3.05, 3.63) is 69.0 Å². The van der Waals surface area contributed by atoms with Crippen molar-refractivity contribution >= 4 is 46.0 Å². The quantitative estimate of drug-likeness (QED) is 0.339. The normalized spacial score (nSPS) is 12.5.